The zero-order valence-electron chi connectivity index (χ0n) is 13.8. The van der Waals surface area contributed by atoms with Gasteiger partial charge in [0.2, 0.25) is 0 Å². The fourth-order valence-electron chi connectivity index (χ4n) is 3.13. The summed E-state index contributed by atoms with van der Waals surface area (Å²) in [6.07, 6.45) is 3.62. The molecule has 1 aliphatic carbocycles. The van der Waals surface area contributed by atoms with E-state index in [1.807, 2.05) is 38.1 Å². The van der Waals surface area contributed by atoms with E-state index in [0.29, 0.717) is 12.5 Å². The predicted octanol–water partition coefficient (Wildman–Crippen LogP) is 4.24. The van der Waals surface area contributed by atoms with E-state index in [9.17, 15) is 4.79 Å². The van der Waals surface area contributed by atoms with Crippen molar-refractivity contribution in [2.24, 2.45) is 5.92 Å². The summed E-state index contributed by atoms with van der Waals surface area (Å²) < 4.78 is 5.49. The summed E-state index contributed by atoms with van der Waals surface area (Å²) in [5.74, 6) is 2.28. The van der Waals surface area contributed by atoms with Crippen LogP contribution in [0.1, 0.15) is 48.0 Å². The van der Waals surface area contributed by atoms with Gasteiger partial charge in [-0.05, 0) is 44.2 Å². The third-order valence-corrected chi connectivity index (χ3v) is 4.65. The van der Waals surface area contributed by atoms with Gasteiger partial charge in [0, 0.05) is 12.1 Å². The van der Waals surface area contributed by atoms with Crippen LogP contribution in [0, 0.1) is 19.8 Å². The van der Waals surface area contributed by atoms with E-state index in [-0.39, 0.29) is 12.1 Å². The van der Waals surface area contributed by atoms with E-state index in [4.69, 9.17) is 4.42 Å². The SMILES string of the molecule is Cc1cc(CNC(=O)NC(c2ccccc2)C2CCC2)c(C)o1. The summed E-state index contributed by atoms with van der Waals surface area (Å²) in [6.45, 7) is 4.32. The number of hydrogen-bond acceptors (Lipinski definition) is 2. The Morgan fingerprint density at radius 3 is 2.57 bits per heavy atom. The molecule has 0 radical (unpaired) electrons. The number of hydrogen-bond donors (Lipinski definition) is 2. The maximum atomic E-state index is 12.3. The lowest BCUT2D eigenvalue weighted by molar-refractivity contribution is 0.207. The quantitative estimate of drug-likeness (QED) is 0.867. The van der Waals surface area contributed by atoms with Gasteiger partial charge in [-0.25, -0.2) is 4.79 Å². The Balaban J connectivity index is 1.61. The fraction of sp³-hybridized carbons (Fsp3) is 0.421. The molecule has 2 amide bonds. The van der Waals surface area contributed by atoms with E-state index in [1.165, 1.54) is 24.8 Å². The van der Waals surface area contributed by atoms with Crippen molar-refractivity contribution >= 4 is 6.03 Å². The van der Waals surface area contributed by atoms with Gasteiger partial charge in [0.15, 0.2) is 0 Å². The molecule has 2 N–H and O–H groups in total. The summed E-state index contributed by atoms with van der Waals surface area (Å²) in [5.41, 5.74) is 2.21. The molecule has 2 aromatic rings. The van der Waals surface area contributed by atoms with Crippen LogP contribution in [0.15, 0.2) is 40.8 Å². The number of furan rings is 1. The molecule has 1 aliphatic rings. The molecule has 0 saturated heterocycles. The molecule has 1 saturated carbocycles. The average molecular weight is 312 g/mol. The topological polar surface area (TPSA) is 54.3 Å². The summed E-state index contributed by atoms with van der Waals surface area (Å²) in [4.78, 5) is 12.3. The largest absolute Gasteiger partial charge is 0.466 e. The first-order chi connectivity index (χ1) is 11.1. The Hall–Kier alpha value is -2.23. The number of carbonyl (C=O) groups is 1. The van der Waals surface area contributed by atoms with Crippen LogP contribution < -0.4 is 10.6 Å². The highest BCUT2D eigenvalue weighted by atomic mass is 16.3. The molecule has 1 heterocycles. The second kappa shape index (κ2) is 6.90. The molecule has 0 bridgehead atoms. The number of rotatable bonds is 5. The Morgan fingerprint density at radius 1 is 1.26 bits per heavy atom. The average Bonchev–Trinajstić information content (AvgIpc) is 2.81. The van der Waals surface area contributed by atoms with Gasteiger partial charge in [0.1, 0.15) is 11.5 Å². The van der Waals surface area contributed by atoms with Crippen molar-refractivity contribution in [3.8, 4) is 0 Å². The minimum absolute atomic E-state index is 0.0946. The van der Waals surface area contributed by atoms with Gasteiger partial charge >= 0.3 is 6.03 Å². The van der Waals surface area contributed by atoms with Crippen molar-refractivity contribution < 1.29 is 9.21 Å². The fourth-order valence-corrected chi connectivity index (χ4v) is 3.13. The molecule has 1 atom stereocenters. The van der Waals surface area contributed by atoms with Crippen molar-refractivity contribution in [1.29, 1.82) is 0 Å². The molecule has 1 aromatic carbocycles. The zero-order valence-corrected chi connectivity index (χ0v) is 13.8. The first kappa shape index (κ1) is 15.7. The number of aryl methyl sites for hydroxylation is 2. The summed E-state index contributed by atoms with van der Waals surface area (Å²) >= 11 is 0. The number of urea groups is 1. The molecule has 1 unspecified atom stereocenters. The summed E-state index contributed by atoms with van der Waals surface area (Å²) in [5, 5.41) is 6.10. The number of carbonyl (C=O) groups excluding carboxylic acids is 1. The second-order valence-electron chi connectivity index (χ2n) is 6.34. The van der Waals surface area contributed by atoms with Crippen LogP contribution in [0.4, 0.5) is 4.79 Å². The van der Waals surface area contributed by atoms with E-state index in [1.54, 1.807) is 0 Å². The van der Waals surface area contributed by atoms with Gasteiger partial charge in [-0.1, -0.05) is 36.8 Å². The monoisotopic (exact) mass is 312 g/mol. The van der Waals surface area contributed by atoms with Gasteiger partial charge in [0.05, 0.1) is 6.04 Å². The lowest BCUT2D eigenvalue weighted by Gasteiger charge is -2.34. The third kappa shape index (κ3) is 3.76. The van der Waals surface area contributed by atoms with Crippen molar-refractivity contribution in [3.63, 3.8) is 0 Å². The van der Waals surface area contributed by atoms with Crippen LogP contribution in [-0.2, 0) is 6.54 Å². The molecular weight excluding hydrogens is 288 g/mol. The summed E-state index contributed by atoms with van der Waals surface area (Å²) in [6, 6.07) is 12.2. The third-order valence-electron chi connectivity index (χ3n) is 4.65. The van der Waals surface area contributed by atoms with E-state index < -0.39 is 0 Å². The van der Waals surface area contributed by atoms with E-state index >= 15 is 0 Å². The van der Waals surface area contributed by atoms with Gasteiger partial charge < -0.3 is 15.1 Å². The van der Waals surface area contributed by atoms with E-state index in [2.05, 4.69) is 22.8 Å². The molecule has 122 valence electrons. The van der Waals surface area contributed by atoms with Crippen molar-refractivity contribution in [3.05, 3.63) is 59.0 Å². The Morgan fingerprint density at radius 2 is 2.00 bits per heavy atom. The van der Waals surface area contributed by atoms with Crippen LogP contribution in [0.3, 0.4) is 0 Å². The summed E-state index contributed by atoms with van der Waals surface area (Å²) in [7, 11) is 0. The lowest BCUT2D eigenvalue weighted by atomic mass is 9.77. The highest BCUT2D eigenvalue weighted by Crippen LogP contribution is 2.37. The van der Waals surface area contributed by atoms with Crippen molar-refractivity contribution in [2.75, 3.05) is 0 Å². The van der Waals surface area contributed by atoms with Crippen LogP contribution in [0.5, 0.6) is 0 Å². The van der Waals surface area contributed by atoms with E-state index in [0.717, 1.165) is 17.1 Å². The highest BCUT2D eigenvalue weighted by Gasteiger charge is 2.29. The smallest absolute Gasteiger partial charge is 0.315 e. The minimum Gasteiger partial charge on any atom is -0.466 e. The van der Waals surface area contributed by atoms with Crippen LogP contribution in [0.25, 0.3) is 0 Å². The molecule has 23 heavy (non-hydrogen) atoms. The predicted molar refractivity (Wildman–Crippen MR) is 90.1 cm³/mol. The van der Waals surface area contributed by atoms with Gasteiger partial charge in [-0.15, -0.1) is 0 Å². The van der Waals surface area contributed by atoms with Crippen LogP contribution in [-0.4, -0.2) is 6.03 Å². The molecule has 4 nitrogen and oxygen atoms in total. The number of benzene rings is 1. The maximum absolute atomic E-state index is 12.3. The van der Waals surface area contributed by atoms with Crippen LogP contribution in [0.2, 0.25) is 0 Å². The first-order valence-corrected chi connectivity index (χ1v) is 8.28. The standard InChI is InChI=1S/C19H24N2O2/c1-13-11-17(14(2)23-13)12-20-19(22)21-18(16-9-6-10-16)15-7-4-3-5-8-15/h3-5,7-8,11,16,18H,6,9-10,12H2,1-2H3,(H2,20,21,22). The lowest BCUT2D eigenvalue weighted by Crippen LogP contribution is -2.41. The van der Waals surface area contributed by atoms with Crippen molar-refractivity contribution in [1.82, 2.24) is 10.6 Å². The molecule has 1 fully saturated rings. The Labute approximate surface area is 137 Å². The van der Waals surface area contributed by atoms with Crippen molar-refractivity contribution in [2.45, 2.75) is 45.7 Å². The number of nitrogens with one attached hydrogen (secondary N) is 2. The zero-order chi connectivity index (χ0) is 16.2. The first-order valence-electron chi connectivity index (χ1n) is 8.28. The highest BCUT2D eigenvalue weighted by molar-refractivity contribution is 5.74. The van der Waals surface area contributed by atoms with Crippen LogP contribution >= 0.6 is 0 Å². The molecule has 3 rings (SSSR count). The van der Waals surface area contributed by atoms with Gasteiger partial charge in [-0.3, -0.25) is 0 Å². The maximum Gasteiger partial charge on any atom is 0.315 e. The minimum atomic E-state index is -0.121. The Bertz CT molecular complexity index is 659. The number of amides is 2. The normalized spacial score (nSPS) is 15.7. The Kier molecular flexibility index (Phi) is 4.70. The molecule has 1 aromatic heterocycles. The molecule has 0 aliphatic heterocycles. The molecule has 4 heteroatoms. The molecule has 0 spiro atoms. The van der Waals surface area contributed by atoms with Gasteiger partial charge in [-0.2, -0.15) is 0 Å². The second-order valence-corrected chi connectivity index (χ2v) is 6.34. The van der Waals surface area contributed by atoms with Gasteiger partial charge in [0.25, 0.3) is 0 Å². The molecular formula is C19H24N2O2.